The van der Waals surface area contributed by atoms with Crippen molar-refractivity contribution in [2.45, 2.75) is 45.7 Å². The second-order valence-electron chi connectivity index (χ2n) is 5.61. The van der Waals surface area contributed by atoms with Crippen LogP contribution < -0.4 is 5.73 Å². The van der Waals surface area contributed by atoms with Crippen LogP contribution in [-0.2, 0) is 13.1 Å². The number of hydrogen-bond acceptors (Lipinski definition) is 2. The van der Waals surface area contributed by atoms with Gasteiger partial charge in [0.15, 0.2) is 0 Å². The maximum Gasteiger partial charge on any atom is 0.128 e. The largest absolute Gasteiger partial charge is 0.326 e. The Kier molecular flexibility index (Phi) is 5.34. The van der Waals surface area contributed by atoms with Crippen molar-refractivity contribution in [1.82, 2.24) is 4.90 Å². The molecule has 1 aromatic rings. The first kappa shape index (κ1) is 14.5. The molecule has 1 aliphatic heterocycles. The lowest BCUT2D eigenvalue weighted by molar-refractivity contribution is 0.268. The van der Waals surface area contributed by atoms with Crippen molar-refractivity contribution in [3.63, 3.8) is 0 Å². The molecule has 19 heavy (non-hydrogen) atoms. The van der Waals surface area contributed by atoms with Gasteiger partial charge in [0.1, 0.15) is 5.82 Å². The Balaban J connectivity index is 1.97. The number of hydrogen-bond donors (Lipinski definition) is 1. The smallest absolute Gasteiger partial charge is 0.128 e. The van der Waals surface area contributed by atoms with E-state index in [1.165, 1.54) is 25.7 Å². The SMILES string of the molecule is CCC1CCCN(Cc2ccc(CN)cc2F)CC1. The Morgan fingerprint density at radius 1 is 1.32 bits per heavy atom. The van der Waals surface area contributed by atoms with Crippen LogP contribution in [0.5, 0.6) is 0 Å². The van der Waals surface area contributed by atoms with Crippen molar-refractivity contribution >= 4 is 0 Å². The van der Waals surface area contributed by atoms with Crippen LogP contribution in [0.25, 0.3) is 0 Å². The summed E-state index contributed by atoms with van der Waals surface area (Å²) in [6.45, 7) is 5.59. The first-order valence-corrected chi connectivity index (χ1v) is 7.42. The van der Waals surface area contributed by atoms with Gasteiger partial charge in [-0.05, 0) is 49.9 Å². The average molecular weight is 264 g/mol. The predicted octanol–water partition coefficient (Wildman–Crippen LogP) is 3.30. The fourth-order valence-electron chi connectivity index (χ4n) is 2.88. The number of nitrogens with zero attached hydrogens (tertiary/aromatic N) is 1. The van der Waals surface area contributed by atoms with Gasteiger partial charge in [-0.15, -0.1) is 0 Å². The van der Waals surface area contributed by atoms with E-state index in [0.29, 0.717) is 6.54 Å². The van der Waals surface area contributed by atoms with Crippen LogP contribution in [0.3, 0.4) is 0 Å². The standard InChI is InChI=1S/C16H25FN2/c1-2-13-4-3-8-19(9-7-13)12-15-6-5-14(11-18)10-16(15)17/h5-6,10,13H,2-4,7-9,11-12,18H2,1H3. The summed E-state index contributed by atoms with van der Waals surface area (Å²) < 4.78 is 14.0. The highest BCUT2D eigenvalue weighted by atomic mass is 19.1. The molecule has 0 aliphatic carbocycles. The number of rotatable bonds is 4. The second-order valence-corrected chi connectivity index (χ2v) is 5.61. The van der Waals surface area contributed by atoms with E-state index in [1.54, 1.807) is 6.07 Å². The summed E-state index contributed by atoms with van der Waals surface area (Å²) in [5, 5.41) is 0. The van der Waals surface area contributed by atoms with Crippen LogP contribution in [-0.4, -0.2) is 18.0 Å². The van der Waals surface area contributed by atoms with E-state index >= 15 is 0 Å². The van der Waals surface area contributed by atoms with Gasteiger partial charge in [-0.25, -0.2) is 4.39 Å². The van der Waals surface area contributed by atoms with Crippen LogP contribution in [0.4, 0.5) is 4.39 Å². The van der Waals surface area contributed by atoms with E-state index in [2.05, 4.69) is 11.8 Å². The van der Waals surface area contributed by atoms with Gasteiger partial charge in [-0.3, -0.25) is 4.90 Å². The molecule has 0 aromatic heterocycles. The van der Waals surface area contributed by atoms with Crippen molar-refractivity contribution < 1.29 is 4.39 Å². The molecule has 1 heterocycles. The summed E-state index contributed by atoms with van der Waals surface area (Å²) in [5.41, 5.74) is 7.19. The molecule has 3 heteroatoms. The van der Waals surface area contributed by atoms with Gasteiger partial charge in [0.05, 0.1) is 0 Å². The summed E-state index contributed by atoms with van der Waals surface area (Å²) in [7, 11) is 0. The van der Waals surface area contributed by atoms with Crippen molar-refractivity contribution in [3.8, 4) is 0 Å². The quantitative estimate of drug-likeness (QED) is 0.904. The van der Waals surface area contributed by atoms with Crippen LogP contribution in [0.15, 0.2) is 18.2 Å². The van der Waals surface area contributed by atoms with Crippen LogP contribution in [0.2, 0.25) is 0 Å². The summed E-state index contributed by atoms with van der Waals surface area (Å²) in [4.78, 5) is 2.39. The lowest BCUT2D eigenvalue weighted by Gasteiger charge is -2.20. The molecule has 0 saturated carbocycles. The topological polar surface area (TPSA) is 29.3 Å². The molecule has 0 amide bonds. The fourth-order valence-corrected chi connectivity index (χ4v) is 2.88. The molecule has 2 nitrogen and oxygen atoms in total. The van der Waals surface area contributed by atoms with Gasteiger partial charge < -0.3 is 5.73 Å². The highest BCUT2D eigenvalue weighted by molar-refractivity contribution is 5.24. The molecular formula is C16H25FN2. The highest BCUT2D eigenvalue weighted by Crippen LogP contribution is 2.22. The lowest BCUT2D eigenvalue weighted by Crippen LogP contribution is -2.24. The third-order valence-electron chi connectivity index (χ3n) is 4.26. The molecule has 1 aliphatic rings. The van der Waals surface area contributed by atoms with Gasteiger partial charge in [0.2, 0.25) is 0 Å². The fraction of sp³-hybridized carbons (Fsp3) is 0.625. The Labute approximate surface area is 115 Å². The zero-order valence-corrected chi connectivity index (χ0v) is 11.9. The predicted molar refractivity (Wildman–Crippen MR) is 77.2 cm³/mol. The summed E-state index contributed by atoms with van der Waals surface area (Å²) in [6, 6.07) is 5.40. The number of nitrogens with two attached hydrogens (primary N) is 1. The maximum atomic E-state index is 14.0. The molecule has 1 aromatic carbocycles. The third kappa shape index (κ3) is 4.02. The van der Waals surface area contributed by atoms with Crippen LogP contribution in [0, 0.1) is 11.7 Å². The highest BCUT2D eigenvalue weighted by Gasteiger charge is 2.16. The number of likely N-dealkylation sites (tertiary alicyclic amines) is 1. The molecule has 1 atom stereocenters. The van der Waals surface area contributed by atoms with E-state index < -0.39 is 0 Å². The summed E-state index contributed by atoms with van der Waals surface area (Å²) in [6.07, 6.45) is 5.08. The lowest BCUT2D eigenvalue weighted by atomic mass is 9.98. The molecule has 1 unspecified atom stereocenters. The molecule has 0 spiro atoms. The molecular weight excluding hydrogens is 239 g/mol. The molecule has 2 rings (SSSR count). The average Bonchev–Trinajstić information content (AvgIpc) is 2.66. The number of benzene rings is 1. The van der Waals surface area contributed by atoms with Crippen LogP contribution in [0.1, 0.15) is 43.7 Å². The minimum Gasteiger partial charge on any atom is -0.326 e. The Morgan fingerprint density at radius 2 is 2.16 bits per heavy atom. The maximum absolute atomic E-state index is 14.0. The van der Waals surface area contributed by atoms with Gasteiger partial charge in [0, 0.05) is 18.7 Å². The van der Waals surface area contributed by atoms with Crippen molar-refractivity contribution in [2.75, 3.05) is 13.1 Å². The van der Waals surface area contributed by atoms with E-state index in [4.69, 9.17) is 5.73 Å². The molecule has 1 fully saturated rings. The number of halogens is 1. The van der Waals surface area contributed by atoms with E-state index in [1.807, 2.05) is 12.1 Å². The monoisotopic (exact) mass is 264 g/mol. The minimum absolute atomic E-state index is 0.112. The van der Waals surface area contributed by atoms with Crippen LogP contribution >= 0.6 is 0 Å². The molecule has 0 bridgehead atoms. The summed E-state index contributed by atoms with van der Waals surface area (Å²) in [5.74, 6) is 0.744. The first-order chi connectivity index (χ1) is 9.22. The van der Waals surface area contributed by atoms with E-state index in [0.717, 1.165) is 36.7 Å². The summed E-state index contributed by atoms with van der Waals surface area (Å²) >= 11 is 0. The van der Waals surface area contributed by atoms with Gasteiger partial charge in [-0.2, -0.15) is 0 Å². The van der Waals surface area contributed by atoms with Crippen molar-refractivity contribution in [2.24, 2.45) is 11.7 Å². The molecule has 2 N–H and O–H groups in total. The van der Waals surface area contributed by atoms with Gasteiger partial charge in [0.25, 0.3) is 0 Å². The zero-order chi connectivity index (χ0) is 13.7. The molecule has 1 saturated heterocycles. The molecule has 0 radical (unpaired) electrons. The van der Waals surface area contributed by atoms with E-state index in [-0.39, 0.29) is 5.82 Å². The first-order valence-electron chi connectivity index (χ1n) is 7.42. The Morgan fingerprint density at radius 3 is 2.84 bits per heavy atom. The third-order valence-corrected chi connectivity index (χ3v) is 4.26. The Hall–Kier alpha value is -0.930. The van der Waals surface area contributed by atoms with Gasteiger partial charge >= 0.3 is 0 Å². The Bertz CT molecular complexity index is 406. The normalized spacial score (nSPS) is 21.3. The van der Waals surface area contributed by atoms with Crippen molar-refractivity contribution in [1.29, 1.82) is 0 Å². The minimum atomic E-state index is -0.112. The van der Waals surface area contributed by atoms with Gasteiger partial charge in [-0.1, -0.05) is 25.5 Å². The van der Waals surface area contributed by atoms with E-state index in [9.17, 15) is 4.39 Å². The second kappa shape index (κ2) is 7.01. The van der Waals surface area contributed by atoms with Crippen molar-refractivity contribution in [3.05, 3.63) is 35.1 Å². The molecule has 106 valence electrons. The zero-order valence-electron chi connectivity index (χ0n) is 11.9.